The van der Waals surface area contributed by atoms with E-state index in [-0.39, 0.29) is 5.91 Å². The van der Waals surface area contributed by atoms with Crippen molar-refractivity contribution in [2.75, 3.05) is 25.1 Å². The zero-order valence-corrected chi connectivity index (χ0v) is 12.5. The van der Waals surface area contributed by atoms with Gasteiger partial charge in [0.05, 0.1) is 17.9 Å². The lowest BCUT2D eigenvalue weighted by Gasteiger charge is -2.13. The van der Waals surface area contributed by atoms with Crippen molar-refractivity contribution in [3.8, 4) is 5.75 Å². The van der Waals surface area contributed by atoms with Gasteiger partial charge in [0.2, 0.25) is 0 Å². The normalized spacial score (nSPS) is 11.9. The number of nitrogens with two attached hydrogens (primary N) is 1. The van der Waals surface area contributed by atoms with Crippen molar-refractivity contribution < 1.29 is 9.53 Å². The van der Waals surface area contributed by atoms with Gasteiger partial charge in [-0.2, -0.15) is 11.8 Å². The van der Waals surface area contributed by atoms with E-state index in [9.17, 15) is 4.79 Å². The fraction of sp³-hybridized carbons (Fsp3) is 0.500. The maximum absolute atomic E-state index is 12.1. The summed E-state index contributed by atoms with van der Waals surface area (Å²) < 4.78 is 5.45. The van der Waals surface area contributed by atoms with Crippen LogP contribution in [0.4, 0.5) is 5.69 Å². The number of hydrogen-bond donors (Lipinski definition) is 2. The maximum atomic E-state index is 12.1. The number of amides is 1. The first-order valence-corrected chi connectivity index (χ1v) is 7.71. The van der Waals surface area contributed by atoms with Crippen molar-refractivity contribution in [1.29, 1.82) is 0 Å². The Labute approximate surface area is 119 Å². The largest absolute Gasteiger partial charge is 0.491 e. The molecule has 0 aliphatic heterocycles. The smallest absolute Gasteiger partial charge is 0.255 e. The molecule has 19 heavy (non-hydrogen) atoms. The van der Waals surface area contributed by atoms with E-state index >= 15 is 0 Å². The predicted octanol–water partition coefficient (Wildman–Crippen LogP) is 2.54. The third kappa shape index (κ3) is 4.67. The molecule has 1 aromatic rings. The Morgan fingerprint density at radius 2 is 2.26 bits per heavy atom. The van der Waals surface area contributed by atoms with Gasteiger partial charge < -0.3 is 15.8 Å². The second-order valence-corrected chi connectivity index (χ2v) is 5.52. The highest BCUT2D eigenvalue weighted by Crippen LogP contribution is 2.26. The molecule has 0 saturated heterocycles. The Morgan fingerprint density at radius 1 is 1.53 bits per heavy atom. The highest BCUT2D eigenvalue weighted by Gasteiger charge is 2.14. The summed E-state index contributed by atoms with van der Waals surface area (Å²) in [6.07, 6.45) is 3.01. The minimum absolute atomic E-state index is 0.135. The van der Waals surface area contributed by atoms with Crippen LogP contribution in [0.2, 0.25) is 0 Å². The standard InChI is InChI=1S/C14H22N2O2S/c1-4-18-13-11(6-5-7-12(13)15)14(17)16-9-8-10(2)19-3/h5-7,10H,4,8-9,15H2,1-3H3,(H,16,17). The molecule has 0 aliphatic rings. The summed E-state index contributed by atoms with van der Waals surface area (Å²) in [6, 6.07) is 5.23. The molecule has 0 saturated carbocycles. The van der Waals surface area contributed by atoms with Crippen molar-refractivity contribution in [3.05, 3.63) is 23.8 Å². The third-order valence-corrected chi connectivity index (χ3v) is 3.86. The molecule has 106 valence electrons. The van der Waals surface area contributed by atoms with Crippen LogP contribution in [0.3, 0.4) is 0 Å². The first-order valence-electron chi connectivity index (χ1n) is 6.42. The van der Waals surface area contributed by atoms with Gasteiger partial charge in [-0.1, -0.05) is 13.0 Å². The number of para-hydroxylation sites is 1. The Morgan fingerprint density at radius 3 is 2.89 bits per heavy atom. The molecule has 0 bridgehead atoms. The first-order chi connectivity index (χ1) is 9.10. The van der Waals surface area contributed by atoms with E-state index in [1.54, 1.807) is 30.0 Å². The fourth-order valence-electron chi connectivity index (χ4n) is 1.64. The summed E-state index contributed by atoms with van der Waals surface area (Å²) >= 11 is 1.79. The number of thioether (sulfide) groups is 1. The minimum atomic E-state index is -0.135. The average molecular weight is 282 g/mol. The molecule has 1 unspecified atom stereocenters. The molecule has 3 N–H and O–H groups in total. The molecular weight excluding hydrogens is 260 g/mol. The number of rotatable bonds is 7. The molecule has 1 amide bonds. The van der Waals surface area contributed by atoms with Crippen LogP contribution in [0.25, 0.3) is 0 Å². The predicted molar refractivity (Wildman–Crippen MR) is 82.0 cm³/mol. The number of anilines is 1. The minimum Gasteiger partial charge on any atom is -0.491 e. The van der Waals surface area contributed by atoms with E-state index < -0.39 is 0 Å². The monoisotopic (exact) mass is 282 g/mol. The number of carbonyl (C=O) groups excluding carboxylic acids is 1. The molecule has 4 nitrogen and oxygen atoms in total. The summed E-state index contributed by atoms with van der Waals surface area (Å²) in [4.78, 5) is 12.1. The topological polar surface area (TPSA) is 64.3 Å². The van der Waals surface area contributed by atoms with Crippen molar-refractivity contribution in [1.82, 2.24) is 5.32 Å². The van der Waals surface area contributed by atoms with E-state index in [2.05, 4.69) is 18.5 Å². The summed E-state index contributed by atoms with van der Waals surface area (Å²) in [5, 5.41) is 3.44. The molecule has 0 spiro atoms. The molecular formula is C14H22N2O2S. The van der Waals surface area contributed by atoms with Gasteiger partial charge in [-0.15, -0.1) is 0 Å². The first kappa shape index (κ1) is 15.7. The van der Waals surface area contributed by atoms with Crippen LogP contribution >= 0.6 is 11.8 Å². The summed E-state index contributed by atoms with van der Waals surface area (Å²) in [7, 11) is 0. The second-order valence-electron chi connectivity index (χ2n) is 4.25. The van der Waals surface area contributed by atoms with Crippen LogP contribution < -0.4 is 15.8 Å². The number of ether oxygens (including phenoxy) is 1. The number of carbonyl (C=O) groups is 1. The zero-order chi connectivity index (χ0) is 14.3. The lowest BCUT2D eigenvalue weighted by molar-refractivity contribution is 0.0949. The van der Waals surface area contributed by atoms with E-state index in [1.165, 1.54) is 0 Å². The van der Waals surface area contributed by atoms with Crippen molar-refractivity contribution >= 4 is 23.4 Å². The Kier molecular flexibility index (Phi) is 6.56. The maximum Gasteiger partial charge on any atom is 0.255 e. The van der Waals surface area contributed by atoms with E-state index in [4.69, 9.17) is 10.5 Å². The lowest BCUT2D eigenvalue weighted by Crippen LogP contribution is -2.26. The van der Waals surface area contributed by atoms with Gasteiger partial charge in [0.1, 0.15) is 0 Å². The van der Waals surface area contributed by atoms with Crippen LogP contribution in [-0.4, -0.2) is 30.6 Å². The quantitative estimate of drug-likeness (QED) is 0.754. The van der Waals surface area contributed by atoms with Gasteiger partial charge in [-0.25, -0.2) is 0 Å². The summed E-state index contributed by atoms with van der Waals surface area (Å²) in [5.41, 5.74) is 6.83. The average Bonchev–Trinajstić information content (AvgIpc) is 2.40. The molecule has 1 aromatic carbocycles. The fourth-order valence-corrected chi connectivity index (χ4v) is 1.99. The Hall–Kier alpha value is -1.36. The van der Waals surface area contributed by atoms with Crippen molar-refractivity contribution in [2.24, 2.45) is 0 Å². The van der Waals surface area contributed by atoms with Gasteiger partial charge in [0.15, 0.2) is 5.75 Å². The SMILES string of the molecule is CCOc1c(N)cccc1C(=O)NCCC(C)SC. The molecule has 0 fully saturated rings. The third-order valence-electron chi connectivity index (χ3n) is 2.82. The van der Waals surface area contributed by atoms with E-state index in [0.29, 0.717) is 35.4 Å². The summed E-state index contributed by atoms with van der Waals surface area (Å²) in [6.45, 7) is 5.15. The van der Waals surface area contributed by atoms with Crippen LogP contribution in [0.5, 0.6) is 5.75 Å². The summed E-state index contributed by atoms with van der Waals surface area (Å²) in [5.74, 6) is 0.337. The molecule has 5 heteroatoms. The molecule has 0 aliphatic carbocycles. The highest BCUT2D eigenvalue weighted by atomic mass is 32.2. The zero-order valence-electron chi connectivity index (χ0n) is 11.7. The van der Waals surface area contributed by atoms with Gasteiger partial charge in [-0.05, 0) is 31.7 Å². The van der Waals surface area contributed by atoms with Crippen LogP contribution in [0.1, 0.15) is 30.6 Å². The molecule has 1 atom stereocenters. The number of nitrogens with one attached hydrogen (secondary N) is 1. The van der Waals surface area contributed by atoms with Gasteiger partial charge in [0.25, 0.3) is 5.91 Å². The lowest BCUT2D eigenvalue weighted by atomic mass is 10.1. The molecule has 0 aromatic heterocycles. The van der Waals surface area contributed by atoms with Crippen LogP contribution in [-0.2, 0) is 0 Å². The number of hydrogen-bond acceptors (Lipinski definition) is 4. The van der Waals surface area contributed by atoms with Crippen molar-refractivity contribution in [2.45, 2.75) is 25.5 Å². The molecule has 1 rings (SSSR count). The molecule has 0 heterocycles. The van der Waals surface area contributed by atoms with E-state index in [0.717, 1.165) is 6.42 Å². The highest BCUT2D eigenvalue weighted by molar-refractivity contribution is 7.99. The van der Waals surface area contributed by atoms with Gasteiger partial charge >= 0.3 is 0 Å². The van der Waals surface area contributed by atoms with E-state index in [1.807, 2.05) is 6.92 Å². The van der Waals surface area contributed by atoms with Crippen LogP contribution in [0, 0.1) is 0 Å². The van der Waals surface area contributed by atoms with Gasteiger partial charge in [-0.3, -0.25) is 4.79 Å². The Bertz CT molecular complexity index is 424. The Balaban J connectivity index is 2.68. The van der Waals surface area contributed by atoms with Gasteiger partial charge in [0, 0.05) is 11.8 Å². The molecule has 0 radical (unpaired) electrons. The van der Waals surface area contributed by atoms with Crippen molar-refractivity contribution in [3.63, 3.8) is 0 Å². The number of nitrogen functional groups attached to an aromatic ring is 1. The number of benzene rings is 1. The second kappa shape index (κ2) is 7.94. The van der Waals surface area contributed by atoms with Crippen LogP contribution in [0.15, 0.2) is 18.2 Å².